The Hall–Kier alpha value is -2.22. The van der Waals surface area contributed by atoms with Gasteiger partial charge in [0, 0.05) is 24.1 Å². The van der Waals surface area contributed by atoms with Crippen LogP contribution in [0.2, 0.25) is 0 Å². The van der Waals surface area contributed by atoms with Gasteiger partial charge in [0.15, 0.2) is 5.78 Å². The van der Waals surface area contributed by atoms with E-state index in [4.69, 9.17) is 4.74 Å². The number of carbonyl (C=O) groups is 1. The standard InChI is InChI=1S/C18H19NO5S/c1-13(20)14-5-4-6-15(11-14)25(22,23)19-12-18(21)9-10-24-17-8-3-2-7-16(17)18/h2-8,11,19,21H,9-10,12H2,1H3. The Morgan fingerprint density at radius 2 is 2.00 bits per heavy atom. The van der Waals surface area contributed by atoms with E-state index in [0.29, 0.717) is 23.5 Å². The number of sulfonamides is 1. The molecule has 0 fully saturated rings. The molecule has 1 aliphatic rings. The van der Waals surface area contributed by atoms with Crippen molar-refractivity contribution in [2.75, 3.05) is 13.2 Å². The van der Waals surface area contributed by atoms with Gasteiger partial charge in [-0.3, -0.25) is 4.79 Å². The second-order valence-corrected chi connectivity index (χ2v) is 7.80. The zero-order chi connectivity index (χ0) is 18.1. The largest absolute Gasteiger partial charge is 0.493 e. The van der Waals surface area contributed by atoms with E-state index < -0.39 is 15.6 Å². The fourth-order valence-corrected chi connectivity index (χ4v) is 3.94. The summed E-state index contributed by atoms with van der Waals surface area (Å²) in [5.74, 6) is 0.336. The molecule has 0 aromatic heterocycles. The average Bonchev–Trinajstić information content (AvgIpc) is 2.61. The topological polar surface area (TPSA) is 92.7 Å². The molecule has 132 valence electrons. The van der Waals surface area contributed by atoms with Gasteiger partial charge in [0.2, 0.25) is 10.0 Å². The monoisotopic (exact) mass is 361 g/mol. The van der Waals surface area contributed by atoms with E-state index >= 15 is 0 Å². The number of benzene rings is 2. The zero-order valence-electron chi connectivity index (χ0n) is 13.7. The smallest absolute Gasteiger partial charge is 0.240 e. The predicted molar refractivity (Wildman–Crippen MR) is 92.1 cm³/mol. The normalized spacial score (nSPS) is 19.8. The van der Waals surface area contributed by atoms with Crippen molar-refractivity contribution < 1.29 is 23.1 Å². The van der Waals surface area contributed by atoms with E-state index in [9.17, 15) is 18.3 Å². The molecule has 7 heteroatoms. The summed E-state index contributed by atoms with van der Waals surface area (Å²) in [7, 11) is -3.86. The molecule has 0 saturated carbocycles. The van der Waals surface area contributed by atoms with Crippen LogP contribution in [-0.2, 0) is 15.6 Å². The number of hydrogen-bond donors (Lipinski definition) is 2. The highest BCUT2D eigenvalue weighted by molar-refractivity contribution is 7.89. The van der Waals surface area contributed by atoms with E-state index in [2.05, 4.69) is 4.72 Å². The molecule has 25 heavy (non-hydrogen) atoms. The van der Waals surface area contributed by atoms with Gasteiger partial charge in [-0.25, -0.2) is 13.1 Å². The van der Waals surface area contributed by atoms with E-state index in [1.165, 1.54) is 25.1 Å². The molecular weight excluding hydrogens is 342 g/mol. The van der Waals surface area contributed by atoms with Gasteiger partial charge in [-0.15, -0.1) is 0 Å². The van der Waals surface area contributed by atoms with E-state index in [1.807, 2.05) is 0 Å². The van der Waals surface area contributed by atoms with Crippen molar-refractivity contribution in [3.63, 3.8) is 0 Å². The highest BCUT2D eigenvalue weighted by Gasteiger charge is 2.36. The first kappa shape index (κ1) is 17.6. The molecule has 2 N–H and O–H groups in total. The molecule has 2 aromatic rings. The van der Waals surface area contributed by atoms with Crippen LogP contribution in [0, 0.1) is 0 Å². The second kappa shape index (κ2) is 6.59. The molecule has 1 heterocycles. The van der Waals surface area contributed by atoms with Gasteiger partial charge in [-0.05, 0) is 25.1 Å². The number of ether oxygens (including phenoxy) is 1. The van der Waals surface area contributed by atoms with Crippen LogP contribution in [-0.4, -0.2) is 32.5 Å². The third kappa shape index (κ3) is 3.58. The van der Waals surface area contributed by atoms with Gasteiger partial charge in [0.05, 0.1) is 11.5 Å². The fraction of sp³-hybridized carbons (Fsp3) is 0.278. The fourth-order valence-electron chi connectivity index (χ4n) is 2.81. The van der Waals surface area contributed by atoms with Crippen LogP contribution in [0.25, 0.3) is 0 Å². The van der Waals surface area contributed by atoms with Crippen LogP contribution < -0.4 is 9.46 Å². The molecule has 6 nitrogen and oxygen atoms in total. The lowest BCUT2D eigenvalue weighted by atomic mass is 9.88. The van der Waals surface area contributed by atoms with Gasteiger partial charge in [-0.2, -0.15) is 0 Å². The summed E-state index contributed by atoms with van der Waals surface area (Å²) in [6.45, 7) is 1.50. The number of para-hydroxylation sites is 1. The Balaban J connectivity index is 1.84. The van der Waals surface area contributed by atoms with Crippen LogP contribution in [0.4, 0.5) is 0 Å². The summed E-state index contributed by atoms with van der Waals surface area (Å²) in [4.78, 5) is 11.4. The number of fused-ring (bicyclic) bond motifs is 1. The molecule has 0 amide bonds. The van der Waals surface area contributed by atoms with Gasteiger partial charge < -0.3 is 9.84 Å². The number of nitrogens with one attached hydrogen (secondary N) is 1. The summed E-state index contributed by atoms with van der Waals surface area (Å²) >= 11 is 0. The summed E-state index contributed by atoms with van der Waals surface area (Å²) < 4.78 is 33.0. The third-order valence-corrected chi connectivity index (χ3v) is 5.67. The first-order valence-corrected chi connectivity index (χ1v) is 9.35. The van der Waals surface area contributed by atoms with Crippen molar-refractivity contribution in [3.05, 3.63) is 59.7 Å². The molecule has 2 aromatic carbocycles. The van der Waals surface area contributed by atoms with E-state index in [1.54, 1.807) is 30.3 Å². The number of rotatable bonds is 5. The Morgan fingerprint density at radius 1 is 1.24 bits per heavy atom. The molecule has 3 rings (SSSR count). The molecule has 1 atom stereocenters. The highest BCUT2D eigenvalue weighted by atomic mass is 32.2. The van der Waals surface area contributed by atoms with Gasteiger partial charge in [-0.1, -0.05) is 30.3 Å². The molecule has 1 unspecified atom stereocenters. The molecule has 0 aliphatic carbocycles. The summed E-state index contributed by atoms with van der Waals surface area (Å²) in [6.07, 6.45) is 0.278. The van der Waals surface area contributed by atoms with E-state index in [-0.39, 0.29) is 23.6 Å². The number of ketones is 1. The first-order chi connectivity index (χ1) is 11.8. The lowest BCUT2D eigenvalue weighted by Gasteiger charge is -2.34. The SMILES string of the molecule is CC(=O)c1cccc(S(=O)(=O)NCC2(O)CCOc3ccccc32)c1. The lowest BCUT2D eigenvalue weighted by Crippen LogP contribution is -2.43. The van der Waals surface area contributed by atoms with Crippen LogP contribution in [0.15, 0.2) is 53.4 Å². The minimum absolute atomic E-state index is 0.0101. The van der Waals surface area contributed by atoms with Crippen LogP contribution >= 0.6 is 0 Å². The Morgan fingerprint density at radius 3 is 2.76 bits per heavy atom. The molecule has 0 radical (unpaired) electrons. The number of aliphatic hydroxyl groups is 1. The van der Waals surface area contributed by atoms with Crippen LogP contribution in [0.5, 0.6) is 5.75 Å². The molecule has 1 aliphatic heterocycles. The minimum Gasteiger partial charge on any atom is -0.493 e. The summed E-state index contributed by atoms with van der Waals surface area (Å²) in [6, 6.07) is 12.8. The van der Waals surface area contributed by atoms with Gasteiger partial charge in [0.1, 0.15) is 11.4 Å². The zero-order valence-corrected chi connectivity index (χ0v) is 14.5. The molecule has 0 saturated heterocycles. The quantitative estimate of drug-likeness (QED) is 0.793. The Kier molecular flexibility index (Phi) is 4.64. The maximum atomic E-state index is 12.5. The van der Waals surface area contributed by atoms with Gasteiger partial charge in [0.25, 0.3) is 0 Å². The van der Waals surface area contributed by atoms with Crippen LogP contribution in [0.3, 0.4) is 0 Å². The second-order valence-electron chi connectivity index (χ2n) is 6.03. The van der Waals surface area contributed by atoms with Crippen molar-refractivity contribution >= 4 is 15.8 Å². The van der Waals surface area contributed by atoms with Crippen molar-refractivity contribution in [1.82, 2.24) is 4.72 Å². The number of carbonyl (C=O) groups excluding carboxylic acids is 1. The maximum Gasteiger partial charge on any atom is 0.240 e. The maximum absolute atomic E-state index is 12.5. The first-order valence-electron chi connectivity index (χ1n) is 7.87. The minimum atomic E-state index is -3.86. The van der Waals surface area contributed by atoms with Crippen molar-refractivity contribution in [1.29, 1.82) is 0 Å². The predicted octanol–water partition coefficient (Wildman–Crippen LogP) is 1.84. The average molecular weight is 361 g/mol. The lowest BCUT2D eigenvalue weighted by molar-refractivity contribution is 0.00219. The third-order valence-electron chi connectivity index (χ3n) is 4.27. The number of hydrogen-bond acceptors (Lipinski definition) is 5. The Labute approximate surface area is 146 Å². The van der Waals surface area contributed by atoms with E-state index in [0.717, 1.165) is 0 Å². The summed E-state index contributed by atoms with van der Waals surface area (Å²) in [5.41, 5.74) is -0.473. The van der Waals surface area contributed by atoms with Gasteiger partial charge >= 0.3 is 0 Å². The van der Waals surface area contributed by atoms with Crippen LogP contribution in [0.1, 0.15) is 29.3 Å². The molecular formula is C18H19NO5S. The number of Topliss-reactive ketones (excluding diaryl/α,β-unsaturated/α-hetero) is 1. The summed E-state index contributed by atoms with van der Waals surface area (Å²) in [5, 5.41) is 10.9. The van der Waals surface area contributed by atoms with Crippen molar-refractivity contribution in [2.24, 2.45) is 0 Å². The Bertz CT molecular complexity index is 909. The molecule has 0 bridgehead atoms. The molecule has 0 spiro atoms. The van der Waals surface area contributed by atoms with Crippen molar-refractivity contribution in [2.45, 2.75) is 23.8 Å². The van der Waals surface area contributed by atoms with Crippen molar-refractivity contribution in [3.8, 4) is 5.75 Å². The highest BCUT2D eigenvalue weighted by Crippen LogP contribution is 2.36.